The van der Waals surface area contributed by atoms with E-state index in [1.807, 2.05) is 4.90 Å². The number of rotatable bonds is 3. The first-order chi connectivity index (χ1) is 6.11. The lowest BCUT2D eigenvalue weighted by Gasteiger charge is -2.30. The molecule has 0 aliphatic carbocycles. The van der Waals surface area contributed by atoms with Crippen LogP contribution < -0.4 is 5.73 Å². The van der Waals surface area contributed by atoms with Crippen LogP contribution in [0.5, 0.6) is 0 Å². The number of amides is 1. The van der Waals surface area contributed by atoms with Gasteiger partial charge in [-0.05, 0) is 18.8 Å². The van der Waals surface area contributed by atoms with E-state index in [1.165, 1.54) is 0 Å². The summed E-state index contributed by atoms with van der Waals surface area (Å²) < 4.78 is 0. The van der Waals surface area contributed by atoms with Crippen molar-refractivity contribution in [3.8, 4) is 0 Å². The zero-order valence-corrected chi connectivity index (χ0v) is 8.62. The average molecular weight is 184 g/mol. The largest absolute Gasteiger partial charge is 0.341 e. The van der Waals surface area contributed by atoms with Crippen LogP contribution in [0.1, 0.15) is 33.1 Å². The molecule has 1 rings (SSSR count). The first-order valence-electron chi connectivity index (χ1n) is 5.14. The summed E-state index contributed by atoms with van der Waals surface area (Å²) in [5.74, 6) is 0.733. The molecule has 76 valence electrons. The average Bonchev–Trinajstić information content (AvgIpc) is 2.08. The summed E-state index contributed by atoms with van der Waals surface area (Å²) in [6.07, 6.45) is 2.90. The summed E-state index contributed by atoms with van der Waals surface area (Å²) in [6, 6.07) is 0.127. The molecule has 0 bridgehead atoms. The normalized spacial score (nSPS) is 20.9. The molecule has 0 aromatic heterocycles. The third kappa shape index (κ3) is 2.99. The van der Waals surface area contributed by atoms with Gasteiger partial charge >= 0.3 is 0 Å². The highest BCUT2D eigenvalue weighted by molar-refractivity contribution is 5.76. The Morgan fingerprint density at radius 1 is 1.46 bits per heavy atom. The van der Waals surface area contributed by atoms with Crippen LogP contribution in [0.15, 0.2) is 0 Å². The maximum atomic E-state index is 11.4. The summed E-state index contributed by atoms with van der Waals surface area (Å²) >= 11 is 0. The Bertz CT molecular complexity index is 180. The van der Waals surface area contributed by atoms with Gasteiger partial charge in [0.1, 0.15) is 0 Å². The van der Waals surface area contributed by atoms with Crippen molar-refractivity contribution in [3.05, 3.63) is 0 Å². The Balaban J connectivity index is 2.38. The SMILES string of the molecule is CC(C)C(N)CN1CCCCC1=O. The fourth-order valence-electron chi connectivity index (χ4n) is 1.52. The van der Waals surface area contributed by atoms with Crippen molar-refractivity contribution >= 4 is 5.91 Å². The highest BCUT2D eigenvalue weighted by atomic mass is 16.2. The lowest BCUT2D eigenvalue weighted by atomic mass is 10.0. The van der Waals surface area contributed by atoms with Gasteiger partial charge in [-0.25, -0.2) is 0 Å². The van der Waals surface area contributed by atoms with E-state index in [9.17, 15) is 4.79 Å². The van der Waals surface area contributed by atoms with E-state index >= 15 is 0 Å². The van der Waals surface area contributed by atoms with E-state index < -0.39 is 0 Å². The molecule has 1 aliphatic rings. The number of hydrogen-bond donors (Lipinski definition) is 1. The molecule has 1 fully saturated rings. The number of hydrogen-bond acceptors (Lipinski definition) is 2. The number of piperidine rings is 1. The van der Waals surface area contributed by atoms with Crippen LogP contribution in [0.4, 0.5) is 0 Å². The fraction of sp³-hybridized carbons (Fsp3) is 0.900. The topological polar surface area (TPSA) is 46.3 Å². The monoisotopic (exact) mass is 184 g/mol. The molecule has 3 heteroatoms. The van der Waals surface area contributed by atoms with Crippen LogP contribution in [-0.4, -0.2) is 29.9 Å². The summed E-state index contributed by atoms with van der Waals surface area (Å²) in [6.45, 7) is 5.83. The highest BCUT2D eigenvalue weighted by Gasteiger charge is 2.20. The maximum absolute atomic E-state index is 11.4. The summed E-state index contributed by atoms with van der Waals surface area (Å²) in [7, 11) is 0. The Kier molecular flexibility index (Phi) is 3.72. The van der Waals surface area contributed by atoms with Gasteiger partial charge in [-0.1, -0.05) is 13.8 Å². The molecule has 1 heterocycles. The number of likely N-dealkylation sites (tertiary alicyclic amines) is 1. The second-order valence-corrected chi connectivity index (χ2v) is 4.20. The van der Waals surface area contributed by atoms with Gasteiger partial charge in [-0.2, -0.15) is 0 Å². The van der Waals surface area contributed by atoms with Gasteiger partial charge in [-0.3, -0.25) is 4.79 Å². The van der Waals surface area contributed by atoms with E-state index in [2.05, 4.69) is 13.8 Å². The lowest BCUT2D eigenvalue weighted by Crippen LogP contribution is -2.45. The van der Waals surface area contributed by atoms with E-state index in [4.69, 9.17) is 5.73 Å². The number of carbonyl (C=O) groups is 1. The van der Waals surface area contributed by atoms with Gasteiger partial charge in [0, 0.05) is 25.6 Å². The van der Waals surface area contributed by atoms with Gasteiger partial charge in [0.05, 0.1) is 0 Å². The minimum atomic E-state index is 0.127. The molecule has 1 aliphatic heterocycles. The van der Waals surface area contributed by atoms with E-state index in [0.29, 0.717) is 12.3 Å². The molecule has 2 N–H and O–H groups in total. The molecule has 0 radical (unpaired) electrons. The molecular formula is C10H20N2O. The zero-order valence-electron chi connectivity index (χ0n) is 8.62. The van der Waals surface area contributed by atoms with Crippen LogP contribution in [0, 0.1) is 5.92 Å². The second-order valence-electron chi connectivity index (χ2n) is 4.20. The summed E-state index contributed by atoms with van der Waals surface area (Å²) in [4.78, 5) is 13.3. The summed E-state index contributed by atoms with van der Waals surface area (Å²) in [5.41, 5.74) is 5.92. The first kappa shape index (κ1) is 10.5. The number of nitrogens with two attached hydrogens (primary N) is 1. The molecule has 13 heavy (non-hydrogen) atoms. The fourth-order valence-corrected chi connectivity index (χ4v) is 1.52. The molecule has 0 spiro atoms. The van der Waals surface area contributed by atoms with Crippen molar-refractivity contribution in [1.29, 1.82) is 0 Å². The van der Waals surface area contributed by atoms with Crippen molar-refractivity contribution in [2.75, 3.05) is 13.1 Å². The molecule has 1 atom stereocenters. The van der Waals surface area contributed by atoms with Crippen LogP contribution in [0.3, 0.4) is 0 Å². The Hall–Kier alpha value is -0.570. The van der Waals surface area contributed by atoms with Gasteiger partial charge in [-0.15, -0.1) is 0 Å². The quantitative estimate of drug-likeness (QED) is 0.710. The molecule has 3 nitrogen and oxygen atoms in total. The van der Waals surface area contributed by atoms with Crippen LogP contribution >= 0.6 is 0 Å². The van der Waals surface area contributed by atoms with Crippen molar-refractivity contribution in [3.63, 3.8) is 0 Å². The zero-order chi connectivity index (χ0) is 9.84. The molecular weight excluding hydrogens is 164 g/mol. The van der Waals surface area contributed by atoms with Gasteiger partial charge in [0.2, 0.25) is 5.91 Å². The highest BCUT2D eigenvalue weighted by Crippen LogP contribution is 2.12. The summed E-state index contributed by atoms with van der Waals surface area (Å²) in [5, 5.41) is 0. The number of nitrogens with zero attached hydrogens (tertiary/aromatic N) is 1. The maximum Gasteiger partial charge on any atom is 0.222 e. The van der Waals surface area contributed by atoms with E-state index in [-0.39, 0.29) is 11.9 Å². The van der Waals surface area contributed by atoms with E-state index in [0.717, 1.165) is 25.9 Å². The van der Waals surface area contributed by atoms with Crippen molar-refractivity contribution < 1.29 is 4.79 Å². The molecule has 0 saturated carbocycles. The Morgan fingerprint density at radius 3 is 2.69 bits per heavy atom. The minimum absolute atomic E-state index is 0.127. The predicted molar refractivity (Wildman–Crippen MR) is 53.2 cm³/mol. The molecule has 1 saturated heterocycles. The Morgan fingerprint density at radius 2 is 2.15 bits per heavy atom. The third-order valence-corrected chi connectivity index (χ3v) is 2.71. The van der Waals surface area contributed by atoms with Gasteiger partial charge in [0.25, 0.3) is 0 Å². The smallest absolute Gasteiger partial charge is 0.222 e. The van der Waals surface area contributed by atoms with Gasteiger partial charge < -0.3 is 10.6 Å². The predicted octanol–water partition coefficient (Wildman–Crippen LogP) is 0.982. The van der Waals surface area contributed by atoms with Crippen molar-refractivity contribution in [1.82, 2.24) is 4.90 Å². The number of carbonyl (C=O) groups excluding carboxylic acids is 1. The minimum Gasteiger partial charge on any atom is -0.341 e. The third-order valence-electron chi connectivity index (χ3n) is 2.71. The van der Waals surface area contributed by atoms with E-state index in [1.54, 1.807) is 0 Å². The van der Waals surface area contributed by atoms with Crippen LogP contribution in [-0.2, 0) is 4.79 Å². The molecule has 0 aromatic rings. The molecule has 0 aromatic carbocycles. The standard InChI is InChI=1S/C10H20N2O/c1-8(2)9(11)7-12-6-4-3-5-10(12)13/h8-9H,3-7,11H2,1-2H3. The second kappa shape index (κ2) is 4.61. The van der Waals surface area contributed by atoms with Crippen LogP contribution in [0.25, 0.3) is 0 Å². The van der Waals surface area contributed by atoms with Gasteiger partial charge in [0.15, 0.2) is 0 Å². The molecule has 1 unspecified atom stereocenters. The molecule has 1 amide bonds. The van der Waals surface area contributed by atoms with Crippen molar-refractivity contribution in [2.45, 2.75) is 39.2 Å². The Labute approximate surface area is 80.3 Å². The lowest BCUT2D eigenvalue weighted by molar-refractivity contribution is -0.133. The first-order valence-corrected chi connectivity index (χ1v) is 5.14. The van der Waals surface area contributed by atoms with Crippen LogP contribution in [0.2, 0.25) is 0 Å². The van der Waals surface area contributed by atoms with Crippen molar-refractivity contribution in [2.24, 2.45) is 11.7 Å².